The molecule has 23 heavy (non-hydrogen) atoms. The van der Waals surface area contributed by atoms with Gasteiger partial charge in [0.15, 0.2) is 0 Å². The molecule has 3 nitrogen and oxygen atoms in total. The molecule has 0 radical (unpaired) electrons. The van der Waals surface area contributed by atoms with Gasteiger partial charge in [-0.1, -0.05) is 63.1 Å². The maximum absolute atomic E-state index is 12.5. The second kappa shape index (κ2) is 9.57. The zero-order valence-electron chi connectivity index (χ0n) is 13.4. The van der Waals surface area contributed by atoms with E-state index in [0.717, 1.165) is 23.7 Å². The Hall–Kier alpha value is -0.690. The summed E-state index contributed by atoms with van der Waals surface area (Å²) in [6, 6.07) is 9.72. The van der Waals surface area contributed by atoms with Crippen molar-refractivity contribution in [2.45, 2.75) is 32.1 Å². The van der Waals surface area contributed by atoms with Crippen LogP contribution >= 0.6 is 21.2 Å². The van der Waals surface area contributed by atoms with Gasteiger partial charge in [-0.15, -0.1) is 0 Å². The van der Waals surface area contributed by atoms with Crippen LogP contribution in [0.4, 0.5) is 0 Å². The van der Waals surface area contributed by atoms with Gasteiger partial charge in [0.25, 0.3) is 0 Å². The molecule has 0 bridgehead atoms. The van der Waals surface area contributed by atoms with Gasteiger partial charge < -0.3 is 5.32 Å². The molecular weight excluding hydrogens is 421 g/mol. The number of rotatable bonds is 8. The van der Waals surface area contributed by atoms with Gasteiger partial charge in [-0.05, 0) is 24.0 Å². The predicted molar refractivity (Wildman–Crippen MR) is 108 cm³/mol. The Kier molecular flexibility index (Phi) is 7.76. The minimum Gasteiger partial charge on any atom is -0.352 e. The molecule has 0 aromatic heterocycles. The average Bonchev–Trinajstić information content (AvgIpc) is 3.05. The first-order valence-electron chi connectivity index (χ1n) is 8.34. The third kappa shape index (κ3) is 7.61. The summed E-state index contributed by atoms with van der Waals surface area (Å²) in [5.41, 5.74) is 0.999. The lowest BCUT2D eigenvalue weighted by molar-refractivity contribution is -0.116. The summed E-state index contributed by atoms with van der Waals surface area (Å²) in [7, 11) is -2.15. The van der Waals surface area contributed by atoms with Crippen molar-refractivity contribution in [1.29, 1.82) is 0 Å². The summed E-state index contributed by atoms with van der Waals surface area (Å²) in [6.07, 6.45) is 9.68. The summed E-state index contributed by atoms with van der Waals surface area (Å²) in [4.78, 5) is 11.8. The van der Waals surface area contributed by atoms with Crippen LogP contribution in [0.1, 0.15) is 37.7 Å². The monoisotopic (exact) mass is 447 g/mol. The van der Waals surface area contributed by atoms with Gasteiger partial charge in [-0.25, -0.2) is 0 Å². The maximum atomic E-state index is 12.5. The van der Waals surface area contributed by atoms with Crippen LogP contribution in [0.25, 0.3) is 6.08 Å². The van der Waals surface area contributed by atoms with E-state index in [1.807, 2.05) is 30.3 Å². The molecule has 1 amide bonds. The number of thiol groups is 1. The lowest BCUT2D eigenvalue weighted by Gasteiger charge is -2.18. The van der Waals surface area contributed by atoms with Crippen molar-refractivity contribution in [3.8, 4) is 0 Å². The highest BCUT2D eigenvalue weighted by Gasteiger charge is 2.18. The van der Waals surface area contributed by atoms with E-state index in [0.29, 0.717) is 12.3 Å². The van der Waals surface area contributed by atoms with Gasteiger partial charge >= 0.3 is 0 Å². The van der Waals surface area contributed by atoms with Crippen LogP contribution in [0.15, 0.2) is 36.4 Å². The Morgan fingerprint density at radius 3 is 2.61 bits per heavy atom. The van der Waals surface area contributed by atoms with Crippen LogP contribution in [0, 0.1) is 5.92 Å². The minimum atomic E-state index is -2.15. The highest BCUT2D eigenvalue weighted by molar-refractivity contribution is 14.2. The lowest BCUT2D eigenvalue weighted by Crippen LogP contribution is -2.29. The lowest BCUT2D eigenvalue weighted by atomic mass is 10.1. The van der Waals surface area contributed by atoms with Crippen molar-refractivity contribution in [2.24, 2.45) is 5.92 Å². The highest BCUT2D eigenvalue weighted by Crippen LogP contribution is 2.29. The molecule has 1 aliphatic rings. The van der Waals surface area contributed by atoms with E-state index in [-0.39, 0.29) is 5.91 Å². The molecule has 2 rings (SSSR count). The first-order chi connectivity index (χ1) is 11.1. The quantitative estimate of drug-likeness (QED) is 0.276. The molecule has 1 aromatic rings. The molecule has 0 unspecified atom stereocenters. The molecule has 1 N–H and O–H groups in total. The van der Waals surface area contributed by atoms with Crippen molar-refractivity contribution < 1.29 is 9.00 Å². The fraction of sp³-hybridized carbons (Fsp3) is 0.500. The van der Waals surface area contributed by atoms with Crippen LogP contribution in [-0.2, 0) is 11.9 Å². The number of carbonyl (C=O) groups excluding carboxylic acids is 1. The first-order valence-corrected chi connectivity index (χ1v) is 13.2. The van der Waals surface area contributed by atoms with E-state index >= 15 is 0 Å². The van der Waals surface area contributed by atoms with Crippen LogP contribution in [0.5, 0.6) is 0 Å². The SMILES string of the molecule is O=C(/C=C/c1ccccc1)NCC[SH](=O)(I)CCC1CCCC1. The number of amides is 1. The molecule has 128 valence electrons. The zero-order chi connectivity index (χ0) is 16.5. The molecule has 0 atom stereocenters. The van der Waals surface area contributed by atoms with Crippen molar-refractivity contribution in [3.63, 3.8) is 0 Å². The third-order valence-corrected chi connectivity index (χ3v) is 9.03. The number of halogens is 1. The van der Waals surface area contributed by atoms with E-state index in [1.54, 1.807) is 6.08 Å². The van der Waals surface area contributed by atoms with Gasteiger partial charge in [0.2, 0.25) is 5.91 Å². The Labute approximate surface area is 152 Å². The highest BCUT2D eigenvalue weighted by atomic mass is 127. The van der Waals surface area contributed by atoms with Crippen molar-refractivity contribution in [3.05, 3.63) is 42.0 Å². The maximum Gasteiger partial charge on any atom is 0.244 e. The van der Waals surface area contributed by atoms with Gasteiger partial charge in [-0.2, -0.15) is 0 Å². The second-order valence-electron chi connectivity index (χ2n) is 6.21. The number of carbonyl (C=O) groups is 1. The van der Waals surface area contributed by atoms with Gasteiger partial charge in [0.1, 0.15) is 0 Å². The predicted octanol–water partition coefficient (Wildman–Crippen LogP) is 3.76. The fourth-order valence-electron chi connectivity index (χ4n) is 2.93. The topological polar surface area (TPSA) is 46.2 Å². The zero-order valence-corrected chi connectivity index (χ0v) is 16.5. The summed E-state index contributed by atoms with van der Waals surface area (Å²) >= 11 is 2.13. The summed E-state index contributed by atoms with van der Waals surface area (Å²) < 4.78 is 12.5. The molecular formula is C18H26INO2S. The Balaban J connectivity index is 1.65. The van der Waals surface area contributed by atoms with Crippen LogP contribution in [0.2, 0.25) is 0 Å². The Morgan fingerprint density at radius 2 is 1.91 bits per heavy atom. The number of nitrogens with one attached hydrogen (secondary N) is 1. The van der Waals surface area contributed by atoms with Gasteiger partial charge in [0, 0.05) is 45.3 Å². The van der Waals surface area contributed by atoms with E-state index < -0.39 is 7.10 Å². The molecule has 0 aliphatic heterocycles. The Bertz CT molecular complexity index is 568. The molecule has 1 aliphatic carbocycles. The van der Waals surface area contributed by atoms with E-state index in [4.69, 9.17) is 0 Å². The van der Waals surface area contributed by atoms with E-state index in [9.17, 15) is 9.00 Å². The smallest absolute Gasteiger partial charge is 0.244 e. The molecule has 1 aromatic carbocycles. The minimum absolute atomic E-state index is 0.124. The molecule has 0 heterocycles. The van der Waals surface area contributed by atoms with Crippen molar-refractivity contribution in [2.75, 3.05) is 18.1 Å². The fourth-order valence-corrected chi connectivity index (χ4v) is 5.91. The average molecular weight is 447 g/mol. The van der Waals surface area contributed by atoms with Crippen LogP contribution in [-0.4, -0.2) is 28.2 Å². The van der Waals surface area contributed by atoms with Crippen molar-refractivity contribution in [1.82, 2.24) is 5.32 Å². The summed E-state index contributed by atoms with van der Waals surface area (Å²) in [6.45, 7) is 0.489. The normalized spacial score (nSPS) is 16.7. The van der Waals surface area contributed by atoms with Crippen LogP contribution < -0.4 is 5.32 Å². The number of hydrogen-bond donors (Lipinski definition) is 2. The second-order valence-corrected chi connectivity index (χ2v) is 14.0. The van der Waals surface area contributed by atoms with E-state index in [2.05, 4.69) is 26.5 Å². The van der Waals surface area contributed by atoms with Crippen molar-refractivity contribution >= 4 is 40.3 Å². The van der Waals surface area contributed by atoms with Crippen LogP contribution in [0.3, 0.4) is 0 Å². The number of benzene rings is 1. The molecule has 0 spiro atoms. The third-order valence-electron chi connectivity index (χ3n) is 4.32. The summed E-state index contributed by atoms with van der Waals surface area (Å²) in [5.74, 6) is 2.06. The molecule has 5 heteroatoms. The van der Waals surface area contributed by atoms with Gasteiger partial charge in [-0.3, -0.25) is 9.00 Å². The van der Waals surface area contributed by atoms with Gasteiger partial charge in [0.05, 0.1) is 0 Å². The van der Waals surface area contributed by atoms with E-state index in [1.165, 1.54) is 31.8 Å². The molecule has 0 saturated heterocycles. The molecule has 1 fully saturated rings. The Morgan fingerprint density at radius 1 is 1.22 bits per heavy atom. The molecule has 1 saturated carbocycles. The first kappa shape index (κ1) is 18.6. The standard InChI is InChI=1S/C18H26INO2S/c19-23(22,14-12-17-8-4-5-9-17)15-13-20-18(21)11-10-16-6-2-1-3-7-16/h1-3,6-7,10-11,17,23H,4-5,8-9,12-15H2,(H,20,21)/b11-10+. The number of hydrogen-bond acceptors (Lipinski definition) is 2. The summed E-state index contributed by atoms with van der Waals surface area (Å²) in [5, 5.41) is 2.83. The largest absolute Gasteiger partial charge is 0.352 e.